The fourth-order valence-corrected chi connectivity index (χ4v) is 3.48. The molecule has 1 N–H and O–H groups in total. The van der Waals surface area contributed by atoms with Gasteiger partial charge in [0, 0.05) is 25.8 Å². The number of hydrogen-bond acceptors (Lipinski definition) is 5. The Morgan fingerprint density at radius 1 is 1.35 bits per heavy atom. The van der Waals surface area contributed by atoms with Crippen molar-refractivity contribution in [1.82, 2.24) is 10.3 Å². The first kappa shape index (κ1) is 20.5. The van der Waals surface area contributed by atoms with E-state index in [4.69, 9.17) is 9.15 Å². The molecule has 0 fully saturated rings. The average Bonchev–Trinajstić information content (AvgIpc) is 2.99. The van der Waals surface area contributed by atoms with Crippen molar-refractivity contribution in [3.05, 3.63) is 41.3 Å². The Balaban J connectivity index is 1.90. The topological polar surface area (TPSA) is 87.4 Å². The Labute approximate surface area is 157 Å². The maximum absolute atomic E-state index is 12.2. The second kappa shape index (κ2) is 10.4. The molecule has 2 rings (SSSR count). The highest BCUT2D eigenvalue weighted by Crippen LogP contribution is 2.23. The van der Waals surface area contributed by atoms with Crippen LogP contribution < -0.4 is 5.32 Å². The van der Waals surface area contributed by atoms with Crippen molar-refractivity contribution in [3.8, 4) is 11.5 Å². The molecule has 6 nitrogen and oxygen atoms in total. The second-order valence-corrected chi connectivity index (χ2v) is 7.45. The molecule has 0 aliphatic heterocycles. The van der Waals surface area contributed by atoms with E-state index in [1.165, 1.54) is 5.56 Å². The molecule has 0 saturated heterocycles. The van der Waals surface area contributed by atoms with Crippen LogP contribution in [0.15, 0.2) is 28.7 Å². The van der Waals surface area contributed by atoms with Gasteiger partial charge in [0.25, 0.3) is 5.91 Å². The van der Waals surface area contributed by atoms with Gasteiger partial charge in [-0.05, 0) is 48.6 Å². The Hall–Kier alpha value is -1.83. The van der Waals surface area contributed by atoms with Crippen LogP contribution in [0.25, 0.3) is 11.5 Å². The standard InChI is InChI=1S/C19H26N2O4S/c1-4-15-6-8-16(9-7-15)19-21-17(14(2)25-19)12-26(23)13-18(22)20-10-5-11-24-3/h6-9H,4-5,10-13H2,1-3H3,(H,20,22). The summed E-state index contributed by atoms with van der Waals surface area (Å²) in [5, 5.41) is 2.73. The van der Waals surface area contributed by atoms with Gasteiger partial charge in [0.05, 0.1) is 0 Å². The zero-order chi connectivity index (χ0) is 18.9. The van der Waals surface area contributed by atoms with E-state index >= 15 is 0 Å². The number of aryl methyl sites for hydroxylation is 2. The molecule has 0 spiro atoms. The number of carbonyl (C=O) groups excluding carboxylic acids is 1. The minimum Gasteiger partial charge on any atom is -0.616 e. The van der Waals surface area contributed by atoms with E-state index in [-0.39, 0.29) is 17.4 Å². The van der Waals surface area contributed by atoms with Crippen LogP contribution in [0.3, 0.4) is 0 Å². The minimum absolute atomic E-state index is 0.0419. The van der Waals surface area contributed by atoms with Crippen LogP contribution in [-0.2, 0) is 32.9 Å². The zero-order valence-corrected chi connectivity index (χ0v) is 16.4. The first-order valence-corrected chi connectivity index (χ1v) is 10.2. The number of methoxy groups -OCH3 is 1. The molecule has 1 aromatic heterocycles. The summed E-state index contributed by atoms with van der Waals surface area (Å²) in [5.41, 5.74) is 2.76. The third-order valence-corrected chi connectivity index (χ3v) is 5.12. The van der Waals surface area contributed by atoms with Gasteiger partial charge in [0.15, 0.2) is 11.5 Å². The van der Waals surface area contributed by atoms with Gasteiger partial charge in [-0.1, -0.05) is 19.1 Å². The Morgan fingerprint density at radius 3 is 2.73 bits per heavy atom. The highest BCUT2D eigenvalue weighted by molar-refractivity contribution is 7.91. The summed E-state index contributed by atoms with van der Waals surface area (Å²) in [6.07, 6.45) is 1.71. The highest BCUT2D eigenvalue weighted by Gasteiger charge is 2.19. The largest absolute Gasteiger partial charge is 0.616 e. The van der Waals surface area contributed by atoms with E-state index in [0.717, 1.165) is 18.4 Å². The maximum atomic E-state index is 12.2. The predicted octanol–water partition coefficient (Wildman–Crippen LogP) is 2.61. The normalized spacial score (nSPS) is 12.2. The molecule has 1 heterocycles. The number of nitrogens with zero attached hydrogens (tertiary/aromatic N) is 1. The van der Waals surface area contributed by atoms with E-state index in [9.17, 15) is 9.35 Å². The number of amides is 1. The van der Waals surface area contributed by atoms with Gasteiger partial charge in [-0.25, -0.2) is 4.98 Å². The number of nitrogens with one attached hydrogen (secondary N) is 1. The molecular weight excluding hydrogens is 352 g/mol. The smallest absolute Gasteiger partial charge is 0.269 e. The molecule has 7 heteroatoms. The first-order valence-electron chi connectivity index (χ1n) is 8.69. The molecule has 0 radical (unpaired) electrons. The molecule has 0 aliphatic rings. The van der Waals surface area contributed by atoms with Gasteiger partial charge in [0.2, 0.25) is 5.89 Å². The lowest BCUT2D eigenvalue weighted by molar-refractivity contribution is -0.118. The highest BCUT2D eigenvalue weighted by atomic mass is 32.2. The summed E-state index contributed by atoms with van der Waals surface area (Å²) < 4.78 is 22.9. The van der Waals surface area contributed by atoms with Crippen molar-refractivity contribution in [1.29, 1.82) is 0 Å². The molecule has 1 unspecified atom stereocenters. The van der Waals surface area contributed by atoms with Crippen LogP contribution in [0, 0.1) is 6.92 Å². The van der Waals surface area contributed by atoms with Gasteiger partial charge < -0.3 is 19.0 Å². The quantitative estimate of drug-likeness (QED) is 0.507. The molecule has 0 saturated carbocycles. The molecule has 1 aromatic carbocycles. The summed E-state index contributed by atoms with van der Waals surface area (Å²) in [5.74, 6) is 1.08. The Bertz CT molecular complexity index is 700. The molecule has 2 aromatic rings. The van der Waals surface area contributed by atoms with Crippen LogP contribution in [-0.4, -0.2) is 41.5 Å². The zero-order valence-electron chi connectivity index (χ0n) is 15.5. The molecule has 142 valence electrons. The molecule has 1 amide bonds. The fourth-order valence-electron chi connectivity index (χ4n) is 2.41. The molecule has 0 aliphatic carbocycles. The van der Waals surface area contributed by atoms with Crippen molar-refractivity contribution in [2.45, 2.75) is 32.4 Å². The Kier molecular flexibility index (Phi) is 8.15. The van der Waals surface area contributed by atoms with Crippen molar-refractivity contribution in [2.75, 3.05) is 26.0 Å². The van der Waals surface area contributed by atoms with Gasteiger partial charge in [-0.15, -0.1) is 0 Å². The molecule has 26 heavy (non-hydrogen) atoms. The number of rotatable bonds is 10. The van der Waals surface area contributed by atoms with E-state index in [0.29, 0.717) is 30.5 Å². The second-order valence-electron chi connectivity index (χ2n) is 6.00. The lowest BCUT2D eigenvalue weighted by Gasteiger charge is -2.10. The molecule has 0 bridgehead atoms. The SMILES string of the molecule is CCc1ccc(-c2nc(C[S+]([O-])CC(=O)NCCCOC)c(C)o2)cc1. The summed E-state index contributed by atoms with van der Waals surface area (Å²) in [6, 6.07) is 8.03. The van der Waals surface area contributed by atoms with Crippen molar-refractivity contribution >= 4 is 17.1 Å². The number of hydrogen-bond donors (Lipinski definition) is 1. The monoisotopic (exact) mass is 378 g/mol. The molecule has 1 atom stereocenters. The van der Waals surface area contributed by atoms with E-state index in [1.807, 2.05) is 24.3 Å². The maximum Gasteiger partial charge on any atom is 0.269 e. The summed E-state index contributed by atoms with van der Waals surface area (Å²) in [6.45, 7) is 5.01. The van der Waals surface area contributed by atoms with Gasteiger partial charge in [0.1, 0.15) is 11.5 Å². The number of benzene rings is 1. The van der Waals surface area contributed by atoms with E-state index in [2.05, 4.69) is 17.2 Å². The average molecular weight is 378 g/mol. The van der Waals surface area contributed by atoms with E-state index in [1.54, 1.807) is 14.0 Å². The van der Waals surface area contributed by atoms with Gasteiger partial charge in [-0.2, -0.15) is 0 Å². The van der Waals surface area contributed by atoms with Crippen LogP contribution in [0.2, 0.25) is 0 Å². The number of carbonyl (C=O) groups is 1. The molecular formula is C19H26N2O4S. The minimum atomic E-state index is -1.33. The number of aromatic nitrogens is 1. The fraction of sp³-hybridized carbons (Fsp3) is 0.474. The number of oxazole rings is 1. The lowest BCUT2D eigenvalue weighted by atomic mass is 10.1. The van der Waals surface area contributed by atoms with Crippen LogP contribution in [0.1, 0.15) is 30.4 Å². The van der Waals surface area contributed by atoms with Gasteiger partial charge in [-0.3, -0.25) is 4.79 Å². The summed E-state index contributed by atoms with van der Waals surface area (Å²) in [4.78, 5) is 16.3. The van der Waals surface area contributed by atoms with Crippen LogP contribution >= 0.6 is 0 Å². The van der Waals surface area contributed by atoms with Crippen molar-refractivity contribution in [2.24, 2.45) is 0 Å². The van der Waals surface area contributed by atoms with Crippen LogP contribution in [0.4, 0.5) is 0 Å². The van der Waals surface area contributed by atoms with E-state index < -0.39 is 11.2 Å². The number of ether oxygens (including phenoxy) is 1. The third kappa shape index (κ3) is 6.16. The Morgan fingerprint density at radius 2 is 2.08 bits per heavy atom. The predicted molar refractivity (Wildman–Crippen MR) is 102 cm³/mol. The summed E-state index contributed by atoms with van der Waals surface area (Å²) in [7, 11) is 1.61. The lowest BCUT2D eigenvalue weighted by Crippen LogP contribution is -2.32. The summed E-state index contributed by atoms with van der Waals surface area (Å²) >= 11 is -1.33. The van der Waals surface area contributed by atoms with Crippen molar-refractivity contribution in [3.63, 3.8) is 0 Å². The first-order chi connectivity index (χ1) is 12.5. The van der Waals surface area contributed by atoms with Crippen molar-refractivity contribution < 1.29 is 18.5 Å². The third-order valence-electron chi connectivity index (χ3n) is 3.94. The van der Waals surface area contributed by atoms with Gasteiger partial charge >= 0.3 is 0 Å². The van der Waals surface area contributed by atoms with Crippen LogP contribution in [0.5, 0.6) is 0 Å².